The van der Waals surface area contributed by atoms with E-state index in [0.29, 0.717) is 6.04 Å². The smallest absolute Gasteiger partial charge is 0.407 e. The minimum atomic E-state index is -0.237. The Morgan fingerprint density at radius 1 is 1.12 bits per heavy atom. The lowest BCUT2D eigenvalue weighted by molar-refractivity contribution is 0.0979. The van der Waals surface area contributed by atoms with Gasteiger partial charge < -0.3 is 10.1 Å². The molecule has 0 heterocycles. The molecule has 0 radical (unpaired) electrons. The van der Waals surface area contributed by atoms with Crippen LogP contribution >= 0.6 is 0 Å². The van der Waals surface area contributed by atoms with Crippen molar-refractivity contribution < 1.29 is 9.53 Å². The van der Waals surface area contributed by atoms with E-state index in [1.54, 1.807) is 0 Å². The summed E-state index contributed by atoms with van der Waals surface area (Å²) in [5.74, 6) is 1.78. The van der Waals surface area contributed by atoms with Gasteiger partial charge in [0.25, 0.3) is 0 Å². The second-order valence-corrected chi connectivity index (χ2v) is 5.91. The predicted molar refractivity (Wildman–Crippen MR) is 67.8 cm³/mol. The summed E-state index contributed by atoms with van der Waals surface area (Å²) in [6, 6.07) is 0.348. The molecule has 3 nitrogen and oxygen atoms in total. The molecule has 1 N–H and O–H groups in total. The normalized spacial score (nSPS) is 33.0. The average Bonchev–Trinajstić information content (AvgIpc) is 2.27. The van der Waals surface area contributed by atoms with Crippen LogP contribution in [0, 0.1) is 11.8 Å². The van der Waals surface area contributed by atoms with Gasteiger partial charge in [-0.2, -0.15) is 0 Å². The fraction of sp³-hybridized carbons (Fsp3) is 0.929. The summed E-state index contributed by atoms with van der Waals surface area (Å²) in [6.07, 6.45) is 8.89. The molecule has 0 saturated heterocycles. The van der Waals surface area contributed by atoms with Gasteiger partial charge in [-0.25, -0.2) is 4.79 Å². The minimum absolute atomic E-state index is 0.0268. The number of carbonyl (C=O) groups excluding carboxylic acids is 1. The largest absolute Gasteiger partial charge is 0.447 e. The van der Waals surface area contributed by atoms with Crippen molar-refractivity contribution in [2.45, 2.75) is 70.9 Å². The van der Waals surface area contributed by atoms with E-state index in [9.17, 15) is 4.79 Å². The van der Waals surface area contributed by atoms with Crippen LogP contribution in [0.15, 0.2) is 0 Å². The van der Waals surface area contributed by atoms with E-state index in [-0.39, 0.29) is 12.2 Å². The van der Waals surface area contributed by atoms with Gasteiger partial charge in [-0.1, -0.05) is 25.7 Å². The number of fused-ring (bicyclic) bond motifs is 1. The van der Waals surface area contributed by atoms with E-state index < -0.39 is 0 Å². The van der Waals surface area contributed by atoms with E-state index in [0.717, 1.165) is 24.7 Å². The first kappa shape index (κ1) is 12.7. The molecular weight excluding hydrogens is 214 g/mol. The summed E-state index contributed by atoms with van der Waals surface area (Å²) in [5.41, 5.74) is 0. The zero-order valence-electron chi connectivity index (χ0n) is 11.1. The maximum atomic E-state index is 11.5. The van der Waals surface area contributed by atoms with Gasteiger partial charge >= 0.3 is 6.09 Å². The summed E-state index contributed by atoms with van der Waals surface area (Å²) in [4.78, 5) is 11.5. The van der Waals surface area contributed by atoms with Crippen LogP contribution in [0.4, 0.5) is 4.79 Å². The number of hydrogen-bond donors (Lipinski definition) is 1. The molecule has 0 aliphatic heterocycles. The first-order valence-electron chi connectivity index (χ1n) is 7.12. The molecule has 0 aromatic heterocycles. The molecule has 98 valence electrons. The van der Waals surface area contributed by atoms with Crippen molar-refractivity contribution in [1.82, 2.24) is 5.32 Å². The molecule has 2 fully saturated rings. The number of rotatable bonds is 2. The molecule has 2 saturated carbocycles. The molecule has 0 aromatic carbocycles. The number of alkyl carbamates (subject to hydrolysis) is 1. The van der Waals surface area contributed by atoms with Gasteiger partial charge in [-0.3, -0.25) is 0 Å². The van der Waals surface area contributed by atoms with Crippen LogP contribution in [0.3, 0.4) is 0 Å². The number of amides is 1. The summed E-state index contributed by atoms with van der Waals surface area (Å²) >= 11 is 0. The molecule has 3 unspecified atom stereocenters. The van der Waals surface area contributed by atoms with E-state index in [1.165, 1.54) is 32.1 Å². The second-order valence-electron chi connectivity index (χ2n) is 5.91. The first-order valence-corrected chi connectivity index (χ1v) is 7.12. The number of nitrogens with one attached hydrogen (secondary N) is 1. The Hall–Kier alpha value is -0.730. The third-order valence-corrected chi connectivity index (χ3v) is 4.20. The standard InChI is InChI=1S/C14H25NO2/c1-10(2)17-14(16)15-13-8-7-11-5-3-4-6-12(11)9-13/h10-13H,3-9H2,1-2H3,(H,15,16). The van der Waals surface area contributed by atoms with Crippen LogP contribution in [0.25, 0.3) is 0 Å². The fourth-order valence-corrected chi connectivity index (χ4v) is 3.42. The average molecular weight is 239 g/mol. The zero-order chi connectivity index (χ0) is 12.3. The SMILES string of the molecule is CC(C)OC(=O)NC1CCC2CCCCC2C1. The van der Waals surface area contributed by atoms with Crippen molar-refractivity contribution in [2.24, 2.45) is 11.8 Å². The van der Waals surface area contributed by atoms with Crippen LogP contribution in [0.5, 0.6) is 0 Å². The lowest BCUT2D eigenvalue weighted by Crippen LogP contribution is -2.42. The van der Waals surface area contributed by atoms with Crippen molar-refractivity contribution in [3.8, 4) is 0 Å². The Morgan fingerprint density at radius 3 is 2.53 bits per heavy atom. The van der Waals surface area contributed by atoms with Crippen LogP contribution < -0.4 is 5.32 Å². The first-order chi connectivity index (χ1) is 8.15. The lowest BCUT2D eigenvalue weighted by Gasteiger charge is -2.39. The summed E-state index contributed by atoms with van der Waals surface area (Å²) in [5, 5.41) is 3.02. The highest BCUT2D eigenvalue weighted by Gasteiger charge is 2.32. The van der Waals surface area contributed by atoms with Crippen LogP contribution in [-0.2, 0) is 4.74 Å². The minimum Gasteiger partial charge on any atom is -0.447 e. The molecular formula is C14H25NO2. The fourth-order valence-electron chi connectivity index (χ4n) is 3.42. The van der Waals surface area contributed by atoms with Crippen molar-refractivity contribution >= 4 is 6.09 Å². The quantitative estimate of drug-likeness (QED) is 0.801. The highest BCUT2D eigenvalue weighted by molar-refractivity contribution is 5.67. The van der Waals surface area contributed by atoms with Gasteiger partial charge in [0.1, 0.15) is 0 Å². The van der Waals surface area contributed by atoms with E-state index in [1.807, 2.05) is 13.8 Å². The van der Waals surface area contributed by atoms with Crippen molar-refractivity contribution in [1.29, 1.82) is 0 Å². The molecule has 2 aliphatic rings. The van der Waals surface area contributed by atoms with Gasteiger partial charge in [-0.15, -0.1) is 0 Å². The summed E-state index contributed by atoms with van der Waals surface area (Å²) in [7, 11) is 0. The maximum Gasteiger partial charge on any atom is 0.407 e. The summed E-state index contributed by atoms with van der Waals surface area (Å²) in [6.45, 7) is 3.77. The van der Waals surface area contributed by atoms with Crippen LogP contribution in [-0.4, -0.2) is 18.2 Å². The molecule has 3 heteroatoms. The van der Waals surface area contributed by atoms with Gasteiger partial charge in [-0.05, 0) is 44.9 Å². The third-order valence-electron chi connectivity index (χ3n) is 4.20. The maximum absolute atomic E-state index is 11.5. The Bertz CT molecular complexity index is 265. The van der Waals surface area contributed by atoms with E-state index in [4.69, 9.17) is 4.74 Å². The number of carbonyl (C=O) groups is 1. The lowest BCUT2D eigenvalue weighted by atomic mass is 9.69. The van der Waals surface area contributed by atoms with E-state index >= 15 is 0 Å². The molecule has 2 rings (SSSR count). The summed E-state index contributed by atoms with van der Waals surface area (Å²) < 4.78 is 5.14. The molecule has 0 bridgehead atoms. The second kappa shape index (κ2) is 5.74. The predicted octanol–water partition coefficient (Wildman–Crippen LogP) is 3.48. The Morgan fingerprint density at radius 2 is 1.82 bits per heavy atom. The monoisotopic (exact) mass is 239 g/mol. The Labute approximate surface area is 104 Å². The van der Waals surface area contributed by atoms with Gasteiger partial charge in [0.15, 0.2) is 0 Å². The number of hydrogen-bond acceptors (Lipinski definition) is 2. The Balaban J connectivity index is 1.77. The third kappa shape index (κ3) is 3.62. The van der Waals surface area contributed by atoms with Crippen LogP contribution in [0.1, 0.15) is 58.8 Å². The molecule has 3 atom stereocenters. The van der Waals surface area contributed by atoms with Crippen molar-refractivity contribution in [2.75, 3.05) is 0 Å². The van der Waals surface area contributed by atoms with Gasteiger partial charge in [0.05, 0.1) is 6.10 Å². The van der Waals surface area contributed by atoms with Gasteiger partial charge in [0.2, 0.25) is 0 Å². The molecule has 1 amide bonds. The topological polar surface area (TPSA) is 38.3 Å². The molecule has 17 heavy (non-hydrogen) atoms. The highest BCUT2D eigenvalue weighted by Crippen LogP contribution is 2.40. The van der Waals surface area contributed by atoms with E-state index in [2.05, 4.69) is 5.32 Å². The molecule has 2 aliphatic carbocycles. The Kier molecular flexibility index (Phi) is 4.30. The molecule has 0 aromatic rings. The molecule has 0 spiro atoms. The van der Waals surface area contributed by atoms with Crippen molar-refractivity contribution in [3.63, 3.8) is 0 Å². The van der Waals surface area contributed by atoms with Crippen LogP contribution in [0.2, 0.25) is 0 Å². The van der Waals surface area contributed by atoms with Gasteiger partial charge in [0, 0.05) is 6.04 Å². The van der Waals surface area contributed by atoms with Crippen molar-refractivity contribution in [3.05, 3.63) is 0 Å². The highest BCUT2D eigenvalue weighted by atomic mass is 16.6. The zero-order valence-corrected chi connectivity index (χ0v) is 11.1. The number of ether oxygens (including phenoxy) is 1.